The standard InChI is InChI=1S/C25H18ClFN4O4/c1-34-21-12-20-17(23(29-13-28-20)30-14-6-7-19(27)18(26)10-14)11-22(21)35-9-8-31-24(32)15-4-2-3-5-16(15)25(31)33/h2-7,10-13H,8-9H2,1H3,(H,28,29,30). The Labute approximate surface area is 204 Å². The number of anilines is 2. The van der Waals surface area contributed by atoms with E-state index >= 15 is 0 Å². The summed E-state index contributed by atoms with van der Waals surface area (Å²) in [5.74, 6) is 0.0322. The summed E-state index contributed by atoms with van der Waals surface area (Å²) < 4.78 is 24.9. The molecule has 2 amide bonds. The quantitative estimate of drug-likeness (QED) is 0.368. The topological polar surface area (TPSA) is 93.7 Å². The molecule has 0 bridgehead atoms. The van der Waals surface area contributed by atoms with Crippen molar-refractivity contribution in [2.45, 2.75) is 0 Å². The van der Waals surface area contributed by atoms with E-state index < -0.39 is 5.82 Å². The maximum atomic E-state index is 13.5. The average Bonchev–Trinajstić information content (AvgIpc) is 3.11. The van der Waals surface area contributed by atoms with Crippen LogP contribution < -0.4 is 14.8 Å². The number of nitrogens with one attached hydrogen (secondary N) is 1. The Morgan fingerprint density at radius 1 is 1.00 bits per heavy atom. The smallest absolute Gasteiger partial charge is 0.261 e. The number of hydrogen-bond donors (Lipinski definition) is 1. The molecule has 0 unspecified atom stereocenters. The van der Waals surface area contributed by atoms with Crippen LogP contribution in [0.2, 0.25) is 5.02 Å². The van der Waals surface area contributed by atoms with Gasteiger partial charge in [-0.15, -0.1) is 0 Å². The van der Waals surface area contributed by atoms with Crippen LogP contribution in [0.5, 0.6) is 11.5 Å². The van der Waals surface area contributed by atoms with E-state index in [1.807, 2.05) is 0 Å². The van der Waals surface area contributed by atoms with Crippen LogP contribution in [-0.2, 0) is 0 Å². The van der Waals surface area contributed by atoms with Crippen LogP contribution in [0.4, 0.5) is 15.9 Å². The molecular formula is C25H18ClFN4O4. The molecule has 0 atom stereocenters. The number of ether oxygens (including phenoxy) is 2. The Kier molecular flexibility index (Phi) is 5.92. The number of hydrogen-bond acceptors (Lipinski definition) is 7. The van der Waals surface area contributed by atoms with Crippen molar-refractivity contribution in [3.05, 3.63) is 82.9 Å². The van der Waals surface area contributed by atoms with Crippen LogP contribution in [0.25, 0.3) is 10.9 Å². The van der Waals surface area contributed by atoms with Gasteiger partial charge in [-0.25, -0.2) is 14.4 Å². The molecule has 1 aliphatic heterocycles. The molecule has 1 N–H and O–H groups in total. The van der Waals surface area contributed by atoms with Crippen LogP contribution in [0.1, 0.15) is 20.7 Å². The van der Waals surface area contributed by atoms with Crippen LogP contribution in [0.15, 0.2) is 60.9 Å². The minimum Gasteiger partial charge on any atom is -0.493 e. The van der Waals surface area contributed by atoms with E-state index in [0.717, 1.165) is 4.90 Å². The van der Waals surface area contributed by atoms with Gasteiger partial charge in [-0.3, -0.25) is 14.5 Å². The monoisotopic (exact) mass is 492 g/mol. The molecule has 0 saturated carbocycles. The first-order valence-corrected chi connectivity index (χ1v) is 11.0. The molecule has 3 aromatic carbocycles. The largest absolute Gasteiger partial charge is 0.493 e. The van der Waals surface area contributed by atoms with Gasteiger partial charge in [-0.1, -0.05) is 23.7 Å². The summed E-state index contributed by atoms with van der Waals surface area (Å²) in [6, 6.07) is 14.3. The highest BCUT2D eigenvalue weighted by Gasteiger charge is 2.34. The third-order valence-electron chi connectivity index (χ3n) is 5.55. The molecule has 8 nitrogen and oxygen atoms in total. The first kappa shape index (κ1) is 22.5. The summed E-state index contributed by atoms with van der Waals surface area (Å²) in [7, 11) is 1.50. The Bertz CT molecular complexity index is 1440. The molecule has 0 saturated heterocycles. The van der Waals surface area contributed by atoms with E-state index in [-0.39, 0.29) is 30.0 Å². The fraction of sp³-hybridized carbons (Fsp3) is 0.120. The Balaban J connectivity index is 1.38. The van der Waals surface area contributed by atoms with Gasteiger partial charge in [-0.2, -0.15) is 0 Å². The van der Waals surface area contributed by atoms with E-state index in [1.54, 1.807) is 36.4 Å². The van der Waals surface area contributed by atoms with E-state index in [1.165, 1.54) is 31.6 Å². The van der Waals surface area contributed by atoms with E-state index in [0.29, 0.717) is 45.0 Å². The zero-order valence-electron chi connectivity index (χ0n) is 18.4. The van der Waals surface area contributed by atoms with Gasteiger partial charge in [0.15, 0.2) is 11.5 Å². The van der Waals surface area contributed by atoms with Gasteiger partial charge in [0.1, 0.15) is 24.6 Å². The minimum atomic E-state index is -0.525. The van der Waals surface area contributed by atoms with E-state index in [2.05, 4.69) is 15.3 Å². The first-order valence-electron chi connectivity index (χ1n) is 10.6. The van der Waals surface area contributed by atoms with Crippen molar-refractivity contribution < 1.29 is 23.5 Å². The van der Waals surface area contributed by atoms with Crippen LogP contribution >= 0.6 is 11.6 Å². The second-order valence-corrected chi connectivity index (χ2v) is 8.06. The zero-order valence-corrected chi connectivity index (χ0v) is 19.2. The summed E-state index contributed by atoms with van der Waals surface area (Å²) in [5, 5.41) is 3.70. The number of carbonyl (C=O) groups excluding carboxylic acids is 2. The molecule has 0 spiro atoms. The van der Waals surface area contributed by atoms with Crippen molar-refractivity contribution in [1.82, 2.24) is 14.9 Å². The molecule has 0 fully saturated rings. The van der Waals surface area contributed by atoms with Gasteiger partial charge in [0.05, 0.1) is 35.3 Å². The number of carbonyl (C=O) groups is 2. The highest BCUT2D eigenvalue weighted by molar-refractivity contribution is 6.31. The number of methoxy groups -OCH3 is 1. The fourth-order valence-corrected chi connectivity index (χ4v) is 4.02. The summed E-state index contributed by atoms with van der Waals surface area (Å²) in [4.78, 5) is 34.9. The number of rotatable bonds is 7. The molecule has 10 heteroatoms. The highest BCUT2D eigenvalue weighted by Crippen LogP contribution is 2.35. The maximum absolute atomic E-state index is 13.5. The molecule has 176 valence electrons. The highest BCUT2D eigenvalue weighted by atomic mass is 35.5. The van der Waals surface area contributed by atoms with Crippen molar-refractivity contribution in [2.75, 3.05) is 25.6 Å². The lowest BCUT2D eigenvalue weighted by Gasteiger charge is -2.17. The van der Waals surface area contributed by atoms with Gasteiger partial charge >= 0.3 is 0 Å². The number of aromatic nitrogens is 2. The molecule has 5 rings (SSSR count). The van der Waals surface area contributed by atoms with Crippen LogP contribution in [-0.4, -0.2) is 46.9 Å². The molecule has 1 aromatic heterocycles. The predicted octanol–water partition coefficient (Wildman–Crippen LogP) is 4.85. The lowest BCUT2D eigenvalue weighted by molar-refractivity contribution is 0.0631. The number of amides is 2. The summed E-state index contributed by atoms with van der Waals surface area (Å²) in [6.45, 7) is 0.120. The van der Waals surface area contributed by atoms with E-state index in [4.69, 9.17) is 21.1 Å². The van der Waals surface area contributed by atoms with Crippen molar-refractivity contribution in [3.63, 3.8) is 0 Å². The SMILES string of the molecule is COc1cc2ncnc(Nc3ccc(F)c(Cl)c3)c2cc1OCCN1C(=O)c2ccccc2C1=O. The summed E-state index contributed by atoms with van der Waals surface area (Å²) in [6.07, 6.45) is 1.39. The lowest BCUT2D eigenvalue weighted by Crippen LogP contribution is -2.33. The number of fused-ring (bicyclic) bond motifs is 2. The first-order chi connectivity index (χ1) is 17.0. The summed E-state index contributed by atoms with van der Waals surface area (Å²) in [5.41, 5.74) is 1.89. The number of halogens is 2. The molecule has 0 aliphatic carbocycles. The molecular weight excluding hydrogens is 475 g/mol. The van der Waals surface area contributed by atoms with Crippen molar-refractivity contribution >= 4 is 45.8 Å². The van der Waals surface area contributed by atoms with E-state index in [9.17, 15) is 14.0 Å². The van der Waals surface area contributed by atoms with Gasteiger partial charge < -0.3 is 14.8 Å². The second kappa shape index (κ2) is 9.19. The zero-order chi connectivity index (χ0) is 24.5. The molecule has 2 heterocycles. The van der Waals surface area contributed by atoms with Crippen molar-refractivity contribution in [2.24, 2.45) is 0 Å². The predicted molar refractivity (Wildman–Crippen MR) is 128 cm³/mol. The van der Waals surface area contributed by atoms with Crippen molar-refractivity contribution in [3.8, 4) is 11.5 Å². The third kappa shape index (κ3) is 4.22. The Hall–Kier alpha value is -4.24. The molecule has 1 aliphatic rings. The van der Waals surface area contributed by atoms with Gasteiger partial charge in [0.2, 0.25) is 0 Å². The van der Waals surface area contributed by atoms with Gasteiger partial charge in [-0.05, 0) is 36.4 Å². The minimum absolute atomic E-state index is 0.0211. The molecule has 0 radical (unpaired) electrons. The van der Waals surface area contributed by atoms with Crippen LogP contribution in [0.3, 0.4) is 0 Å². The van der Waals surface area contributed by atoms with Gasteiger partial charge in [0.25, 0.3) is 11.8 Å². The Morgan fingerprint density at radius 2 is 1.74 bits per heavy atom. The second-order valence-electron chi connectivity index (χ2n) is 7.65. The Morgan fingerprint density at radius 3 is 2.43 bits per heavy atom. The third-order valence-corrected chi connectivity index (χ3v) is 5.84. The lowest BCUT2D eigenvalue weighted by atomic mass is 10.1. The maximum Gasteiger partial charge on any atom is 0.261 e. The summed E-state index contributed by atoms with van der Waals surface area (Å²) >= 11 is 5.89. The molecule has 4 aromatic rings. The molecule has 35 heavy (non-hydrogen) atoms. The number of nitrogens with zero attached hydrogens (tertiary/aromatic N) is 3. The number of benzene rings is 3. The van der Waals surface area contributed by atoms with Crippen molar-refractivity contribution in [1.29, 1.82) is 0 Å². The fourth-order valence-electron chi connectivity index (χ4n) is 3.84. The van der Waals surface area contributed by atoms with Crippen LogP contribution in [0, 0.1) is 5.82 Å². The normalized spacial score (nSPS) is 12.7. The average molecular weight is 493 g/mol. The number of imide groups is 1. The van der Waals surface area contributed by atoms with Gasteiger partial charge in [0, 0.05) is 17.1 Å².